The topological polar surface area (TPSA) is 102 Å². The molecule has 0 radical (unpaired) electrons. The largest absolute Gasteiger partial charge is 0.507 e. The molecule has 3 heterocycles. The number of aliphatic hydroxyl groups excluding tert-OH is 1. The number of Topliss-reactive ketones (excluding diaryl/α,β-unsaturated/α-hetero) is 1. The number of unbranched alkanes of at least 4 members (excludes halogenated alkanes) is 2. The van der Waals surface area contributed by atoms with Crippen molar-refractivity contribution in [1.29, 1.82) is 0 Å². The number of amides is 1. The molecule has 2 atom stereocenters. The highest BCUT2D eigenvalue weighted by molar-refractivity contribution is 8.00. The van der Waals surface area contributed by atoms with E-state index in [9.17, 15) is 14.7 Å². The van der Waals surface area contributed by atoms with E-state index in [1.54, 1.807) is 12.1 Å². The number of rotatable bonds is 11. The van der Waals surface area contributed by atoms with Gasteiger partial charge in [-0.3, -0.25) is 14.5 Å². The number of ether oxygens (including phenoxy) is 2. The van der Waals surface area contributed by atoms with Gasteiger partial charge in [-0.2, -0.15) is 0 Å². The van der Waals surface area contributed by atoms with Crippen molar-refractivity contribution >= 4 is 57.3 Å². The second kappa shape index (κ2) is 13.6. The van der Waals surface area contributed by atoms with E-state index in [1.807, 2.05) is 61.5 Å². The summed E-state index contributed by atoms with van der Waals surface area (Å²) in [6.45, 7) is 4.66. The van der Waals surface area contributed by atoms with Crippen molar-refractivity contribution in [1.82, 2.24) is 10.2 Å². The van der Waals surface area contributed by atoms with Crippen molar-refractivity contribution in [3.05, 3.63) is 99.6 Å². The van der Waals surface area contributed by atoms with Gasteiger partial charge in [-0.05, 0) is 66.4 Å². The molecule has 8 nitrogen and oxygen atoms in total. The van der Waals surface area contributed by atoms with Crippen LogP contribution in [0.25, 0.3) is 5.76 Å². The van der Waals surface area contributed by atoms with Gasteiger partial charge in [0.1, 0.15) is 23.4 Å². The van der Waals surface area contributed by atoms with Crippen LogP contribution in [0, 0.1) is 0 Å². The van der Waals surface area contributed by atoms with Crippen LogP contribution in [-0.4, -0.2) is 39.7 Å². The monoisotopic (exact) mass is 661 g/mol. The molecule has 1 N–H and O–H groups in total. The van der Waals surface area contributed by atoms with E-state index in [4.69, 9.17) is 21.1 Å². The fourth-order valence-electron chi connectivity index (χ4n) is 5.50. The minimum absolute atomic E-state index is 0.0180. The standard InChI is InChI=1S/C34H32ClN3O5S2/c1-3-4-7-15-42-25-11-8-10-21(18-25)29-28(30(39)22-13-14-27-24(17-22)16-20(2)43-27)31(40)32(41)38(29)33-36-37-34(45-33)44-19-23-9-5-6-12-26(23)35/h5-6,8-14,17-18,20,29,39H,3-4,7,15-16,19H2,1-2H3/b30-28+. The molecule has 11 heteroatoms. The predicted molar refractivity (Wildman–Crippen MR) is 177 cm³/mol. The Labute approximate surface area is 275 Å². The summed E-state index contributed by atoms with van der Waals surface area (Å²) in [5.74, 6) is 0.0976. The summed E-state index contributed by atoms with van der Waals surface area (Å²) < 4.78 is 12.5. The first-order valence-corrected chi connectivity index (χ1v) is 17.1. The number of anilines is 1. The first-order chi connectivity index (χ1) is 21.8. The summed E-state index contributed by atoms with van der Waals surface area (Å²) in [6, 6.07) is 19.2. The van der Waals surface area contributed by atoms with E-state index in [-0.39, 0.29) is 22.6 Å². The van der Waals surface area contributed by atoms with Gasteiger partial charge in [0, 0.05) is 22.8 Å². The first-order valence-electron chi connectivity index (χ1n) is 14.9. The zero-order chi connectivity index (χ0) is 31.5. The lowest BCUT2D eigenvalue weighted by atomic mass is 9.94. The zero-order valence-corrected chi connectivity index (χ0v) is 27.3. The van der Waals surface area contributed by atoms with Gasteiger partial charge in [-0.25, -0.2) is 0 Å². The van der Waals surface area contributed by atoms with Crippen LogP contribution in [-0.2, 0) is 21.8 Å². The summed E-state index contributed by atoms with van der Waals surface area (Å²) in [5, 5.41) is 21.2. The molecule has 2 aliphatic rings. The molecular formula is C34H32ClN3O5S2. The van der Waals surface area contributed by atoms with Gasteiger partial charge in [0.2, 0.25) is 5.13 Å². The number of aromatic nitrogens is 2. The molecule has 45 heavy (non-hydrogen) atoms. The minimum Gasteiger partial charge on any atom is -0.507 e. The second-order valence-corrected chi connectivity index (χ2v) is 13.6. The van der Waals surface area contributed by atoms with Gasteiger partial charge in [-0.1, -0.05) is 84.8 Å². The Balaban J connectivity index is 1.38. The highest BCUT2D eigenvalue weighted by Crippen LogP contribution is 2.45. The Morgan fingerprint density at radius 1 is 1.11 bits per heavy atom. The molecule has 2 unspecified atom stereocenters. The smallest absolute Gasteiger partial charge is 0.301 e. The molecule has 1 fully saturated rings. The van der Waals surface area contributed by atoms with Crippen LogP contribution in [0.3, 0.4) is 0 Å². The maximum atomic E-state index is 13.7. The summed E-state index contributed by atoms with van der Waals surface area (Å²) in [4.78, 5) is 28.8. The van der Waals surface area contributed by atoms with Gasteiger partial charge < -0.3 is 14.6 Å². The number of thioether (sulfide) groups is 1. The van der Waals surface area contributed by atoms with E-state index in [1.165, 1.54) is 28.0 Å². The van der Waals surface area contributed by atoms with Crippen LogP contribution >= 0.6 is 34.7 Å². The van der Waals surface area contributed by atoms with Crippen molar-refractivity contribution < 1.29 is 24.2 Å². The molecule has 4 aromatic rings. The summed E-state index contributed by atoms with van der Waals surface area (Å²) in [7, 11) is 0. The number of carbonyl (C=O) groups is 2. The molecule has 1 aromatic heterocycles. The Kier molecular flexibility index (Phi) is 9.44. The van der Waals surface area contributed by atoms with E-state index in [0.717, 1.165) is 36.1 Å². The maximum Gasteiger partial charge on any atom is 0.301 e. The van der Waals surface area contributed by atoms with Crippen LogP contribution in [0.15, 0.2) is 76.6 Å². The van der Waals surface area contributed by atoms with Crippen molar-refractivity contribution in [2.75, 3.05) is 11.5 Å². The maximum absolute atomic E-state index is 13.7. The average Bonchev–Trinajstić information content (AvgIpc) is 3.73. The number of aliphatic hydroxyl groups is 1. The van der Waals surface area contributed by atoms with Crippen molar-refractivity contribution in [3.8, 4) is 11.5 Å². The van der Waals surface area contributed by atoms with Crippen molar-refractivity contribution in [2.24, 2.45) is 0 Å². The molecule has 232 valence electrons. The van der Waals surface area contributed by atoms with Crippen molar-refractivity contribution in [3.63, 3.8) is 0 Å². The van der Waals surface area contributed by atoms with E-state index >= 15 is 0 Å². The Hall–Kier alpha value is -3.86. The van der Waals surface area contributed by atoms with Crippen LogP contribution in [0.2, 0.25) is 5.02 Å². The summed E-state index contributed by atoms with van der Waals surface area (Å²) in [5.41, 5.74) is 2.92. The number of carbonyl (C=O) groups excluding carboxylic acids is 2. The molecular weight excluding hydrogens is 630 g/mol. The van der Waals surface area contributed by atoms with Gasteiger partial charge >= 0.3 is 5.91 Å². The molecule has 0 saturated carbocycles. The lowest BCUT2D eigenvalue weighted by Crippen LogP contribution is -2.29. The Bertz CT molecular complexity index is 1770. The van der Waals surface area contributed by atoms with Gasteiger partial charge in [0.25, 0.3) is 5.78 Å². The fraction of sp³-hybridized carbons (Fsp3) is 0.294. The Morgan fingerprint density at radius 2 is 1.96 bits per heavy atom. The second-order valence-electron chi connectivity index (χ2n) is 11.0. The molecule has 0 spiro atoms. The summed E-state index contributed by atoms with van der Waals surface area (Å²) in [6.07, 6.45) is 3.75. The van der Waals surface area contributed by atoms with Gasteiger partial charge in [0.15, 0.2) is 4.34 Å². The number of fused-ring (bicyclic) bond motifs is 1. The number of nitrogens with zero attached hydrogens (tertiary/aromatic N) is 3. The minimum atomic E-state index is -0.943. The third-order valence-corrected chi connectivity index (χ3v) is 10.2. The van der Waals surface area contributed by atoms with Crippen LogP contribution in [0.5, 0.6) is 11.5 Å². The lowest BCUT2D eigenvalue weighted by molar-refractivity contribution is -0.132. The number of ketones is 1. The fourth-order valence-corrected chi connectivity index (χ4v) is 7.65. The number of hydrogen-bond donors (Lipinski definition) is 1. The molecule has 1 amide bonds. The average molecular weight is 662 g/mol. The van der Waals surface area contributed by atoms with Crippen molar-refractivity contribution in [2.45, 2.75) is 61.8 Å². The predicted octanol–water partition coefficient (Wildman–Crippen LogP) is 8.00. The molecule has 6 rings (SSSR count). The van der Waals surface area contributed by atoms with E-state index < -0.39 is 17.7 Å². The SMILES string of the molecule is CCCCCOc1cccc(C2/C(=C(\O)c3ccc4c(c3)CC(C)O4)C(=O)C(=O)N2c2nnc(SCc3ccccc3Cl)s2)c1. The van der Waals surface area contributed by atoms with Crippen LogP contribution in [0.4, 0.5) is 5.13 Å². The first kappa shape index (κ1) is 31.1. The molecule has 0 bridgehead atoms. The summed E-state index contributed by atoms with van der Waals surface area (Å²) >= 11 is 8.98. The van der Waals surface area contributed by atoms with Crippen LogP contribution in [0.1, 0.15) is 61.4 Å². The molecule has 1 saturated heterocycles. The lowest BCUT2D eigenvalue weighted by Gasteiger charge is -2.23. The number of benzene rings is 3. The van der Waals surface area contributed by atoms with E-state index in [0.29, 0.717) is 45.0 Å². The molecule has 0 aliphatic carbocycles. The normalized spacial score (nSPS) is 18.7. The highest BCUT2D eigenvalue weighted by atomic mass is 35.5. The van der Waals surface area contributed by atoms with Crippen LogP contribution < -0.4 is 14.4 Å². The van der Waals surface area contributed by atoms with Gasteiger partial charge in [0.05, 0.1) is 18.2 Å². The molecule has 2 aliphatic heterocycles. The third-order valence-electron chi connectivity index (χ3n) is 7.72. The molecule has 3 aromatic carbocycles. The highest BCUT2D eigenvalue weighted by Gasteiger charge is 2.48. The Morgan fingerprint density at radius 3 is 2.78 bits per heavy atom. The number of halogens is 1. The van der Waals surface area contributed by atoms with Gasteiger partial charge in [-0.15, -0.1) is 10.2 Å². The quantitative estimate of drug-likeness (QED) is 0.0431. The van der Waals surface area contributed by atoms with E-state index in [2.05, 4.69) is 17.1 Å². The number of hydrogen-bond acceptors (Lipinski definition) is 9. The zero-order valence-electron chi connectivity index (χ0n) is 24.9. The third kappa shape index (κ3) is 6.59.